The fourth-order valence-corrected chi connectivity index (χ4v) is 4.13. The summed E-state index contributed by atoms with van der Waals surface area (Å²) in [5.74, 6) is 0.469. The van der Waals surface area contributed by atoms with Crippen molar-refractivity contribution in [2.24, 2.45) is 0 Å². The fourth-order valence-electron chi connectivity index (χ4n) is 4.13. The maximum absolute atomic E-state index is 12.8. The smallest absolute Gasteiger partial charge is 0.272 e. The third-order valence-electron chi connectivity index (χ3n) is 6.11. The van der Waals surface area contributed by atoms with E-state index in [9.17, 15) is 9.59 Å². The Balaban J connectivity index is 1.35. The van der Waals surface area contributed by atoms with Crippen molar-refractivity contribution >= 4 is 23.6 Å². The Kier molecular flexibility index (Phi) is 8.57. The van der Waals surface area contributed by atoms with Crippen molar-refractivity contribution in [2.45, 2.75) is 32.9 Å². The lowest BCUT2D eigenvalue weighted by Crippen LogP contribution is -2.46. The summed E-state index contributed by atoms with van der Waals surface area (Å²) in [6.07, 6.45) is 6.21. The Morgan fingerprint density at radius 1 is 1.08 bits per heavy atom. The predicted molar refractivity (Wildman–Crippen MR) is 141 cm³/mol. The van der Waals surface area contributed by atoms with E-state index in [-0.39, 0.29) is 11.8 Å². The van der Waals surface area contributed by atoms with Gasteiger partial charge in [0.1, 0.15) is 11.4 Å². The third kappa shape index (κ3) is 6.64. The monoisotopic (exact) mass is 487 g/mol. The molecule has 1 aliphatic heterocycles. The van der Waals surface area contributed by atoms with Gasteiger partial charge in [-0.1, -0.05) is 43.3 Å². The summed E-state index contributed by atoms with van der Waals surface area (Å²) in [5, 5.41) is 2.99. The molecule has 1 fully saturated rings. The molecule has 1 saturated heterocycles. The number of hydrogen-bond acceptors (Lipinski definition) is 4. The van der Waals surface area contributed by atoms with Crippen LogP contribution in [0.4, 0.5) is 5.69 Å². The number of benzene rings is 2. The van der Waals surface area contributed by atoms with Crippen molar-refractivity contribution in [1.29, 1.82) is 0 Å². The molecule has 0 aliphatic carbocycles. The standard InChI is InChI=1S/C29H33N3O4/c1-3-23-8-4-11-25(20-23)30-28(33)27-13-7-15-31(27)14-6-10-24-9-5-12-26(21-24)36-22(2)29(34)32-16-18-35-19-17-32/h4-13,15,20-22H,3,14,16-19H2,1-2H3,(H,30,33)/t22-/m0/s1. The Hall–Kier alpha value is -3.84. The first-order valence-electron chi connectivity index (χ1n) is 12.4. The van der Waals surface area contributed by atoms with E-state index in [0.717, 1.165) is 17.7 Å². The molecule has 7 nitrogen and oxygen atoms in total. The topological polar surface area (TPSA) is 72.8 Å². The van der Waals surface area contributed by atoms with Gasteiger partial charge < -0.3 is 24.3 Å². The maximum atomic E-state index is 12.8. The number of aryl methyl sites for hydroxylation is 1. The Morgan fingerprint density at radius 3 is 2.69 bits per heavy atom. The largest absolute Gasteiger partial charge is 0.481 e. The van der Waals surface area contributed by atoms with Crippen molar-refractivity contribution in [2.75, 3.05) is 31.6 Å². The molecule has 7 heteroatoms. The highest BCUT2D eigenvalue weighted by molar-refractivity contribution is 6.03. The van der Waals surface area contributed by atoms with E-state index < -0.39 is 6.10 Å². The van der Waals surface area contributed by atoms with E-state index in [2.05, 4.69) is 12.2 Å². The first kappa shape index (κ1) is 25.3. The number of anilines is 1. The molecule has 1 atom stereocenters. The van der Waals surface area contributed by atoms with Gasteiger partial charge in [-0.3, -0.25) is 9.59 Å². The SMILES string of the molecule is CCc1cccc(NC(=O)c2cccn2CC=Cc2cccc(O[C@@H](C)C(=O)N3CCOCC3)c2)c1. The maximum Gasteiger partial charge on any atom is 0.272 e. The van der Waals surface area contributed by atoms with Crippen LogP contribution in [-0.4, -0.2) is 53.7 Å². The highest BCUT2D eigenvalue weighted by Gasteiger charge is 2.23. The van der Waals surface area contributed by atoms with Crippen molar-refractivity contribution in [3.8, 4) is 5.75 Å². The molecule has 2 amide bonds. The molecule has 0 unspecified atom stereocenters. The Morgan fingerprint density at radius 2 is 1.89 bits per heavy atom. The lowest BCUT2D eigenvalue weighted by Gasteiger charge is -2.29. The first-order chi connectivity index (χ1) is 17.5. The molecule has 36 heavy (non-hydrogen) atoms. The Labute approximate surface area is 212 Å². The lowest BCUT2D eigenvalue weighted by molar-refractivity contribution is -0.142. The number of carbonyl (C=O) groups excluding carboxylic acids is 2. The van der Waals surface area contributed by atoms with E-state index in [1.54, 1.807) is 11.8 Å². The van der Waals surface area contributed by atoms with E-state index in [4.69, 9.17) is 9.47 Å². The van der Waals surface area contributed by atoms with Crippen LogP contribution in [-0.2, 0) is 22.5 Å². The lowest BCUT2D eigenvalue weighted by atomic mass is 10.1. The zero-order chi connectivity index (χ0) is 25.3. The average molecular weight is 488 g/mol. The molecular weight excluding hydrogens is 454 g/mol. The molecule has 0 spiro atoms. The minimum atomic E-state index is -0.568. The second-order valence-corrected chi connectivity index (χ2v) is 8.73. The summed E-state index contributed by atoms with van der Waals surface area (Å²) in [4.78, 5) is 27.2. The predicted octanol–water partition coefficient (Wildman–Crippen LogP) is 4.64. The number of carbonyl (C=O) groups is 2. The van der Waals surface area contributed by atoms with Crippen LogP contribution in [0.5, 0.6) is 5.75 Å². The van der Waals surface area contributed by atoms with Gasteiger partial charge in [0.25, 0.3) is 11.8 Å². The minimum Gasteiger partial charge on any atom is -0.481 e. The molecule has 188 valence electrons. The number of morpholine rings is 1. The zero-order valence-corrected chi connectivity index (χ0v) is 20.9. The highest BCUT2D eigenvalue weighted by atomic mass is 16.5. The van der Waals surface area contributed by atoms with E-state index >= 15 is 0 Å². The first-order valence-corrected chi connectivity index (χ1v) is 12.4. The second kappa shape index (κ2) is 12.2. The Bertz CT molecular complexity index is 1210. The van der Waals surface area contributed by atoms with Crippen LogP contribution in [0.2, 0.25) is 0 Å². The number of aromatic nitrogens is 1. The van der Waals surface area contributed by atoms with Crippen molar-refractivity contribution < 1.29 is 19.1 Å². The molecule has 4 rings (SSSR count). The molecule has 0 saturated carbocycles. The van der Waals surface area contributed by atoms with Crippen LogP contribution in [0.3, 0.4) is 0 Å². The number of hydrogen-bond donors (Lipinski definition) is 1. The number of ether oxygens (including phenoxy) is 2. The summed E-state index contributed by atoms with van der Waals surface area (Å²) in [7, 11) is 0. The molecule has 2 aromatic carbocycles. The second-order valence-electron chi connectivity index (χ2n) is 8.73. The molecule has 0 radical (unpaired) electrons. The summed E-state index contributed by atoms with van der Waals surface area (Å²) in [6.45, 7) is 6.73. The van der Waals surface area contributed by atoms with Crippen molar-refractivity contribution in [1.82, 2.24) is 9.47 Å². The van der Waals surface area contributed by atoms with E-state index in [0.29, 0.717) is 44.3 Å². The van der Waals surface area contributed by atoms with Gasteiger partial charge in [0.15, 0.2) is 6.10 Å². The van der Waals surface area contributed by atoms with Gasteiger partial charge in [0, 0.05) is 31.5 Å². The van der Waals surface area contributed by atoms with Crippen molar-refractivity contribution in [3.63, 3.8) is 0 Å². The summed E-state index contributed by atoms with van der Waals surface area (Å²) in [5.41, 5.74) is 3.51. The molecule has 1 N–H and O–H groups in total. The normalized spacial score (nSPS) is 14.6. The quantitative estimate of drug-likeness (QED) is 0.477. The summed E-state index contributed by atoms with van der Waals surface area (Å²) >= 11 is 0. The number of nitrogens with zero attached hydrogens (tertiary/aromatic N) is 2. The zero-order valence-electron chi connectivity index (χ0n) is 20.9. The molecule has 3 aromatic rings. The van der Waals surface area contributed by atoms with Gasteiger partial charge in [-0.05, 0) is 60.9 Å². The number of amides is 2. The average Bonchev–Trinajstić information content (AvgIpc) is 3.38. The van der Waals surface area contributed by atoms with Gasteiger partial charge >= 0.3 is 0 Å². The number of allylic oxidation sites excluding steroid dienone is 1. The summed E-state index contributed by atoms with van der Waals surface area (Å²) in [6, 6.07) is 19.2. The van der Waals surface area contributed by atoms with Gasteiger partial charge in [-0.2, -0.15) is 0 Å². The highest BCUT2D eigenvalue weighted by Crippen LogP contribution is 2.18. The van der Waals surface area contributed by atoms with Crippen LogP contribution in [0, 0.1) is 0 Å². The van der Waals surface area contributed by atoms with Crippen LogP contribution >= 0.6 is 0 Å². The van der Waals surface area contributed by atoms with E-state index in [1.807, 2.05) is 83.6 Å². The molecular formula is C29H33N3O4. The van der Waals surface area contributed by atoms with Crippen LogP contribution in [0.25, 0.3) is 6.08 Å². The van der Waals surface area contributed by atoms with Crippen LogP contribution in [0.15, 0.2) is 72.9 Å². The fraction of sp³-hybridized carbons (Fsp3) is 0.310. The molecule has 1 aromatic heterocycles. The number of nitrogens with one attached hydrogen (secondary N) is 1. The van der Waals surface area contributed by atoms with Crippen LogP contribution in [0.1, 0.15) is 35.5 Å². The van der Waals surface area contributed by atoms with Gasteiger partial charge in [0.2, 0.25) is 0 Å². The van der Waals surface area contributed by atoms with Crippen molar-refractivity contribution in [3.05, 3.63) is 89.8 Å². The number of rotatable bonds is 9. The van der Waals surface area contributed by atoms with E-state index in [1.165, 1.54) is 5.56 Å². The summed E-state index contributed by atoms with van der Waals surface area (Å²) < 4.78 is 13.1. The van der Waals surface area contributed by atoms with Gasteiger partial charge in [-0.15, -0.1) is 0 Å². The third-order valence-corrected chi connectivity index (χ3v) is 6.11. The van der Waals surface area contributed by atoms with Gasteiger partial charge in [-0.25, -0.2) is 0 Å². The molecule has 1 aliphatic rings. The minimum absolute atomic E-state index is 0.0286. The van der Waals surface area contributed by atoms with Gasteiger partial charge in [0.05, 0.1) is 13.2 Å². The molecule has 2 heterocycles. The van der Waals surface area contributed by atoms with Crippen LogP contribution < -0.4 is 10.1 Å². The molecule has 0 bridgehead atoms.